The molecule has 2 aromatic rings. The number of anilines is 2. The van der Waals surface area contributed by atoms with Gasteiger partial charge in [0.15, 0.2) is 0 Å². The van der Waals surface area contributed by atoms with Gasteiger partial charge in [0.05, 0.1) is 22.0 Å². The number of benzene rings is 1. The van der Waals surface area contributed by atoms with E-state index in [1.165, 1.54) is 5.56 Å². The Morgan fingerprint density at radius 3 is 2.72 bits per heavy atom. The SMILES string of the molecule is CC(Nc1c(N)cncc1Br)c1cccc(Br)c1. The number of nitrogens with two attached hydrogens (primary N) is 1. The number of halogens is 2. The summed E-state index contributed by atoms with van der Waals surface area (Å²) >= 11 is 6.92. The molecule has 0 spiro atoms. The van der Waals surface area contributed by atoms with Crippen LogP contribution in [0.15, 0.2) is 45.6 Å². The lowest BCUT2D eigenvalue weighted by molar-refractivity contribution is 0.882. The smallest absolute Gasteiger partial charge is 0.0754 e. The maximum atomic E-state index is 5.91. The van der Waals surface area contributed by atoms with Crippen LogP contribution >= 0.6 is 31.9 Å². The number of hydrogen-bond donors (Lipinski definition) is 2. The Morgan fingerprint density at radius 2 is 2.06 bits per heavy atom. The van der Waals surface area contributed by atoms with Crippen LogP contribution in [0.2, 0.25) is 0 Å². The van der Waals surface area contributed by atoms with Gasteiger partial charge in [-0.2, -0.15) is 0 Å². The average molecular weight is 371 g/mol. The maximum absolute atomic E-state index is 5.91. The molecule has 0 amide bonds. The molecule has 1 aromatic heterocycles. The van der Waals surface area contributed by atoms with E-state index in [1.807, 2.05) is 12.1 Å². The summed E-state index contributed by atoms with van der Waals surface area (Å²) in [5, 5.41) is 3.39. The molecule has 18 heavy (non-hydrogen) atoms. The van der Waals surface area contributed by atoms with Crippen LogP contribution < -0.4 is 11.1 Å². The predicted molar refractivity (Wildman–Crippen MR) is 82.5 cm³/mol. The standard InChI is InChI=1S/C13H13Br2N3/c1-8(9-3-2-4-10(14)5-9)18-13-11(15)6-17-7-12(13)16/h2-8H,16H2,1H3,(H,17,18). The second kappa shape index (κ2) is 5.71. The lowest BCUT2D eigenvalue weighted by Crippen LogP contribution is -2.09. The molecular formula is C13H13Br2N3. The van der Waals surface area contributed by atoms with Gasteiger partial charge in [-0.1, -0.05) is 28.1 Å². The lowest BCUT2D eigenvalue weighted by atomic mass is 10.1. The molecule has 0 aliphatic carbocycles. The normalized spacial score (nSPS) is 12.2. The van der Waals surface area contributed by atoms with Crippen molar-refractivity contribution in [2.24, 2.45) is 0 Å². The van der Waals surface area contributed by atoms with Crippen molar-refractivity contribution in [2.45, 2.75) is 13.0 Å². The molecule has 94 valence electrons. The van der Waals surface area contributed by atoms with Gasteiger partial charge in [0, 0.05) is 16.7 Å². The van der Waals surface area contributed by atoms with Gasteiger partial charge in [-0.15, -0.1) is 0 Å². The lowest BCUT2D eigenvalue weighted by Gasteiger charge is -2.18. The molecule has 1 atom stereocenters. The molecule has 3 nitrogen and oxygen atoms in total. The largest absolute Gasteiger partial charge is 0.396 e. The molecule has 0 radical (unpaired) electrons. The van der Waals surface area contributed by atoms with E-state index in [4.69, 9.17) is 5.73 Å². The highest BCUT2D eigenvalue weighted by molar-refractivity contribution is 9.10. The Labute approximate surface area is 123 Å². The molecule has 0 saturated carbocycles. The number of nitrogen functional groups attached to an aromatic ring is 1. The van der Waals surface area contributed by atoms with Gasteiger partial charge in [0.2, 0.25) is 0 Å². The van der Waals surface area contributed by atoms with Crippen LogP contribution in [0.3, 0.4) is 0 Å². The van der Waals surface area contributed by atoms with Crippen molar-refractivity contribution in [3.63, 3.8) is 0 Å². The molecule has 0 saturated heterocycles. The Bertz CT molecular complexity index is 537. The van der Waals surface area contributed by atoms with E-state index in [-0.39, 0.29) is 6.04 Å². The third kappa shape index (κ3) is 3.03. The number of nitrogens with one attached hydrogen (secondary N) is 1. The van der Waals surface area contributed by atoms with Crippen molar-refractivity contribution in [2.75, 3.05) is 11.1 Å². The van der Waals surface area contributed by atoms with Crippen molar-refractivity contribution in [1.82, 2.24) is 4.98 Å². The fourth-order valence-corrected chi connectivity index (χ4v) is 2.56. The van der Waals surface area contributed by atoms with Crippen molar-refractivity contribution < 1.29 is 0 Å². The van der Waals surface area contributed by atoms with Gasteiger partial charge in [-0.25, -0.2) is 0 Å². The molecule has 3 N–H and O–H groups in total. The van der Waals surface area contributed by atoms with E-state index < -0.39 is 0 Å². The first-order valence-corrected chi connectivity index (χ1v) is 7.07. The second-order valence-corrected chi connectivity index (χ2v) is 5.78. The molecule has 0 fully saturated rings. The van der Waals surface area contributed by atoms with E-state index in [1.54, 1.807) is 12.4 Å². The highest BCUT2D eigenvalue weighted by atomic mass is 79.9. The number of rotatable bonds is 3. The molecule has 0 aliphatic rings. The summed E-state index contributed by atoms with van der Waals surface area (Å²) < 4.78 is 1.93. The first kappa shape index (κ1) is 13.4. The Hall–Kier alpha value is -1.07. The summed E-state index contributed by atoms with van der Waals surface area (Å²) in [5.41, 5.74) is 8.60. The zero-order valence-corrected chi connectivity index (χ0v) is 13.0. The number of aromatic nitrogens is 1. The van der Waals surface area contributed by atoms with Gasteiger partial charge in [0.25, 0.3) is 0 Å². The first-order chi connectivity index (χ1) is 8.58. The summed E-state index contributed by atoms with van der Waals surface area (Å²) in [5.74, 6) is 0. The van der Waals surface area contributed by atoms with E-state index >= 15 is 0 Å². The molecule has 0 bridgehead atoms. The van der Waals surface area contributed by atoms with E-state index in [2.05, 4.69) is 61.2 Å². The fourth-order valence-electron chi connectivity index (χ4n) is 1.68. The summed E-state index contributed by atoms with van der Waals surface area (Å²) in [4.78, 5) is 4.02. The van der Waals surface area contributed by atoms with Gasteiger partial charge in [-0.05, 0) is 40.5 Å². The van der Waals surface area contributed by atoms with Crippen LogP contribution in [0.5, 0.6) is 0 Å². The van der Waals surface area contributed by atoms with Gasteiger partial charge in [0.1, 0.15) is 0 Å². The van der Waals surface area contributed by atoms with E-state index in [0.717, 1.165) is 14.6 Å². The summed E-state index contributed by atoms with van der Waals surface area (Å²) in [6.07, 6.45) is 3.37. The molecular weight excluding hydrogens is 358 g/mol. The predicted octanol–water partition coefficient (Wildman–Crippen LogP) is 4.36. The molecule has 5 heteroatoms. The third-order valence-electron chi connectivity index (χ3n) is 2.64. The van der Waals surface area contributed by atoms with Crippen LogP contribution in [0.4, 0.5) is 11.4 Å². The van der Waals surface area contributed by atoms with Gasteiger partial charge < -0.3 is 11.1 Å². The summed E-state index contributed by atoms with van der Waals surface area (Å²) in [7, 11) is 0. The van der Waals surface area contributed by atoms with Crippen LogP contribution in [0.1, 0.15) is 18.5 Å². The van der Waals surface area contributed by atoms with E-state index in [0.29, 0.717) is 5.69 Å². The van der Waals surface area contributed by atoms with Gasteiger partial charge in [-0.3, -0.25) is 4.98 Å². The average Bonchev–Trinajstić information content (AvgIpc) is 2.34. The highest BCUT2D eigenvalue weighted by Crippen LogP contribution is 2.31. The minimum Gasteiger partial charge on any atom is -0.396 e. The topological polar surface area (TPSA) is 50.9 Å². The monoisotopic (exact) mass is 369 g/mol. The Balaban J connectivity index is 2.24. The molecule has 1 heterocycles. The van der Waals surface area contributed by atoms with Gasteiger partial charge >= 0.3 is 0 Å². The second-order valence-electron chi connectivity index (χ2n) is 4.01. The fraction of sp³-hybridized carbons (Fsp3) is 0.154. The van der Waals surface area contributed by atoms with Crippen molar-refractivity contribution in [3.8, 4) is 0 Å². The molecule has 2 rings (SSSR count). The summed E-state index contributed by atoms with van der Waals surface area (Å²) in [6.45, 7) is 2.09. The highest BCUT2D eigenvalue weighted by Gasteiger charge is 2.10. The molecule has 1 aromatic carbocycles. The first-order valence-electron chi connectivity index (χ1n) is 5.49. The minimum absolute atomic E-state index is 0.156. The van der Waals surface area contributed by atoms with Crippen molar-refractivity contribution in [3.05, 3.63) is 51.2 Å². The third-order valence-corrected chi connectivity index (χ3v) is 3.73. The number of hydrogen-bond acceptors (Lipinski definition) is 3. The maximum Gasteiger partial charge on any atom is 0.0754 e. The van der Waals surface area contributed by atoms with E-state index in [9.17, 15) is 0 Å². The quantitative estimate of drug-likeness (QED) is 0.843. The van der Waals surface area contributed by atoms with Crippen LogP contribution in [-0.2, 0) is 0 Å². The Kier molecular flexibility index (Phi) is 4.24. The zero-order valence-electron chi connectivity index (χ0n) is 9.82. The summed E-state index contributed by atoms with van der Waals surface area (Å²) in [6, 6.07) is 8.34. The molecule has 1 unspecified atom stereocenters. The Morgan fingerprint density at radius 1 is 1.28 bits per heavy atom. The van der Waals surface area contributed by atoms with Crippen LogP contribution in [0.25, 0.3) is 0 Å². The van der Waals surface area contributed by atoms with Crippen LogP contribution in [0, 0.1) is 0 Å². The minimum atomic E-state index is 0.156. The number of pyridine rings is 1. The van der Waals surface area contributed by atoms with Crippen molar-refractivity contribution in [1.29, 1.82) is 0 Å². The van der Waals surface area contributed by atoms with Crippen molar-refractivity contribution >= 4 is 43.2 Å². The molecule has 0 aliphatic heterocycles. The zero-order chi connectivity index (χ0) is 13.1. The number of nitrogens with zero attached hydrogens (tertiary/aromatic N) is 1. The van der Waals surface area contributed by atoms with Crippen LogP contribution in [-0.4, -0.2) is 4.98 Å².